The topological polar surface area (TPSA) is 63.1 Å². The summed E-state index contributed by atoms with van der Waals surface area (Å²) in [6.07, 6.45) is 7.27. The maximum absolute atomic E-state index is 12.7. The van der Waals surface area contributed by atoms with Crippen LogP contribution in [0.4, 0.5) is 5.69 Å². The number of benzene rings is 1. The van der Waals surface area contributed by atoms with Gasteiger partial charge in [-0.1, -0.05) is 18.6 Å². The first-order valence-corrected chi connectivity index (χ1v) is 10.1. The number of nitrogens with one attached hydrogen (secondary N) is 1. The van der Waals surface area contributed by atoms with Crippen LogP contribution in [0.2, 0.25) is 0 Å². The molecule has 3 heterocycles. The first-order valence-electron chi connectivity index (χ1n) is 10.1. The number of carbonyl (C=O) groups is 1. The Morgan fingerprint density at radius 1 is 1.14 bits per heavy atom. The summed E-state index contributed by atoms with van der Waals surface area (Å²) >= 11 is 0. The number of hydrogen-bond donors (Lipinski definition) is 1. The largest absolute Gasteiger partial charge is 0.322 e. The monoisotopic (exact) mass is 377 g/mol. The molecule has 0 atom stereocenters. The number of piperidine rings is 1. The summed E-state index contributed by atoms with van der Waals surface area (Å²) in [6, 6.07) is 10.2. The molecule has 1 aliphatic rings. The zero-order chi connectivity index (χ0) is 19.5. The molecule has 6 nitrogen and oxygen atoms in total. The second kappa shape index (κ2) is 8.10. The molecule has 28 heavy (non-hydrogen) atoms. The third-order valence-electron chi connectivity index (χ3n) is 5.22. The Morgan fingerprint density at radius 3 is 2.75 bits per heavy atom. The van der Waals surface area contributed by atoms with Gasteiger partial charge in [0.1, 0.15) is 0 Å². The molecule has 1 saturated heterocycles. The van der Waals surface area contributed by atoms with Crippen molar-refractivity contribution in [3.05, 3.63) is 53.9 Å². The van der Waals surface area contributed by atoms with Gasteiger partial charge in [0, 0.05) is 29.9 Å². The normalized spacial score (nSPS) is 15.2. The van der Waals surface area contributed by atoms with E-state index in [0.717, 1.165) is 36.4 Å². The van der Waals surface area contributed by atoms with E-state index >= 15 is 0 Å². The Kier molecular flexibility index (Phi) is 5.39. The summed E-state index contributed by atoms with van der Waals surface area (Å²) < 4.78 is 1.86. The van der Waals surface area contributed by atoms with Crippen LogP contribution in [0.25, 0.3) is 11.0 Å². The average Bonchev–Trinajstić information content (AvgIpc) is 3.12. The van der Waals surface area contributed by atoms with Gasteiger partial charge in [-0.2, -0.15) is 5.10 Å². The van der Waals surface area contributed by atoms with Crippen LogP contribution >= 0.6 is 0 Å². The molecule has 0 aliphatic carbocycles. The molecule has 0 unspecified atom stereocenters. The minimum atomic E-state index is -0.151. The molecular weight excluding hydrogens is 350 g/mol. The van der Waals surface area contributed by atoms with Crippen LogP contribution in [0.3, 0.4) is 0 Å². The number of aromatic nitrogens is 3. The maximum Gasteiger partial charge on any atom is 0.257 e. The van der Waals surface area contributed by atoms with Gasteiger partial charge in [0.2, 0.25) is 0 Å². The van der Waals surface area contributed by atoms with Gasteiger partial charge in [-0.25, -0.2) is 9.67 Å². The molecule has 1 aromatic carbocycles. The number of carbonyl (C=O) groups excluding carboxylic acids is 1. The van der Waals surface area contributed by atoms with Crippen molar-refractivity contribution < 1.29 is 4.79 Å². The van der Waals surface area contributed by atoms with Crippen LogP contribution in [0.5, 0.6) is 0 Å². The minimum absolute atomic E-state index is 0.151. The third-order valence-corrected chi connectivity index (χ3v) is 5.22. The second-order valence-electron chi connectivity index (χ2n) is 7.81. The van der Waals surface area contributed by atoms with E-state index in [1.54, 1.807) is 12.4 Å². The Balaban J connectivity index is 1.47. The number of nitrogens with zero attached hydrogens (tertiary/aromatic N) is 4. The number of fused-ring (bicyclic) bond motifs is 1. The second-order valence-corrected chi connectivity index (χ2v) is 7.81. The highest BCUT2D eigenvalue weighted by molar-refractivity contribution is 6.05. The highest BCUT2D eigenvalue weighted by Crippen LogP contribution is 2.19. The zero-order valence-electron chi connectivity index (χ0n) is 16.6. The van der Waals surface area contributed by atoms with Crippen LogP contribution in [-0.4, -0.2) is 38.7 Å². The van der Waals surface area contributed by atoms with Crippen molar-refractivity contribution in [3.8, 4) is 0 Å². The lowest BCUT2D eigenvalue weighted by Crippen LogP contribution is -2.29. The van der Waals surface area contributed by atoms with Gasteiger partial charge in [0.25, 0.3) is 5.91 Å². The van der Waals surface area contributed by atoms with Crippen molar-refractivity contribution in [1.82, 2.24) is 19.7 Å². The van der Waals surface area contributed by atoms with E-state index in [-0.39, 0.29) is 11.9 Å². The molecule has 1 amide bonds. The predicted octanol–water partition coefficient (Wildman–Crippen LogP) is 4.25. The van der Waals surface area contributed by atoms with Crippen LogP contribution in [0.1, 0.15) is 55.1 Å². The molecule has 1 N–H and O–H groups in total. The van der Waals surface area contributed by atoms with Crippen LogP contribution in [0, 0.1) is 0 Å². The molecule has 0 saturated carbocycles. The van der Waals surface area contributed by atoms with Gasteiger partial charge in [0.15, 0.2) is 5.65 Å². The summed E-state index contributed by atoms with van der Waals surface area (Å²) in [5, 5.41) is 8.24. The van der Waals surface area contributed by atoms with Gasteiger partial charge in [0.05, 0.1) is 11.8 Å². The van der Waals surface area contributed by atoms with Gasteiger partial charge < -0.3 is 5.32 Å². The molecule has 0 radical (unpaired) electrons. The lowest BCUT2D eigenvalue weighted by molar-refractivity contribution is 0.102. The molecule has 2 aromatic heterocycles. The van der Waals surface area contributed by atoms with Crippen molar-refractivity contribution >= 4 is 22.6 Å². The SMILES string of the molecule is CC(C)n1ncc2cc(C(=O)Nc3cccc(CN4CCCCC4)c3)cnc21. The molecule has 1 aliphatic heterocycles. The number of likely N-dealkylation sites (tertiary alicyclic amines) is 1. The lowest BCUT2D eigenvalue weighted by atomic mass is 10.1. The van der Waals surface area contributed by atoms with E-state index < -0.39 is 0 Å². The zero-order valence-corrected chi connectivity index (χ0v) is 16.6. The summed E-state index contributed by atoms with van der Waals surface area (Å²) in [6.45, 7) is 7.38. The fourth-order valence-corrected chi connectivity index (χ4v) is 3.77. The Hall–Kier alpha value is -2.73. The highest BCUT2D eigenvalue weighted by Gasteiger charge is 2.13. The fourth-order valence-electron chi connectivity index (χ4n) is 3.77. The van der Waals surface area contributed by atoms with E-state index in [4.69, 9.17) is 0 Å². The molecular formula is C22H27N5O. The van der Waals surface area contributed by atoms with Gasteiger partial charge in [-0.05, 0) is 63.5 Å². The van der Waals surface area contributed by atoms with Crippen molar-refractivity contribution in [1.29, 1.82) is 0 Å². The van der Waals surface area contributed by atoms with Gasteiger partial charge in [-0.15, -0.1) is 0 Å². The maximum atomic E-state index is 12.7. The average molecular weight is 377 g/mol. The number of hydrogen-bond acceptors (Lipinski definition) is 4. The molecule has 146 valence electrons. The standard InChI is InChI=1S/C22H27N5O/c1-16(2)27-21-18(14-24-27)12-19(13-23-21)22(28)25-20-8-6-7-17(11-20)15-26-9-4-3-5-10-26/h6-8,11-14,16H,3-5,9-10,15H2,1-2H3,(H,25,28). The summed E-state index contributed by atoms with van der Waals surface area (Å²) in [7, 11) is 0. The van der Waals surface area contributed by atoms with Crippen molar-refractivity contribution in [2.75, 3.05) is 18.4 Å². The highest BCUT2D eigenvalue weighted by atomic mass is 16.1. The number of anilines is 1. The first-order chi connectivity index (χ1) is 13.6. The molecule has 3 aromatic rings. The van der Waals surface area contributed by atoms with E-state index in [1.807, 2.05) is 22.9 Å². The van der Waals surface area contributed by atoms with E-state index in [1.165, 1.54) is 24.8 Å². The molecule has 0 spiro atoms. The summed E-state index contributed by atoms with van der Waals surface area (Å²) in [5.74, 6) is -0.151. The summed E-state index contributed by atoms with van der Waals surface area (Å²) in [5.41, 5.74) is 3.39. The van der Waals surface area contributed by atoms with Gasteiger partial charge >= 0.3 is 0 Å². The fraction of sp³-hybridized carbons (Fsp3) is 0.409. The molecule has 1 fully saturated rings. The number of amides is 1. The Labute approximate surface area is 165 Å². The van der Waals surface area contributed by atoms with Crippen LogP contribution < -0.4 is 5.32 Å². The van der Waals surface area contributed by atoms with Crippen LogP contribution in [-0.2, 0) is 6.54 Å². The molecule has 4 rings (SSSR count). The van der Waals surface area contributed by atoms with E-state index in [9.17, 15) is 4.79 Å². The van der Waals surface area contributed by atoms with E-state index in [0.29, 0.717) is 5.56 Å². The Bertz CT molecular complexity index is 972. The van der Waals surface area contributed by atoms with Crippen molar-refractivity contribution in [3.63, 3.8) is 0 Å². The Morgan fingerprint density at radius 2 is 1.96 bits per heavy atom. The first kappa shape index (κ1) is 18.6. The molecule has 6 heteroatoms. The number of pyridine rings is 1. The molecule has 0 bridgehead atoms. The van der Waals surface area contributed by atoms with Gasteiger partial charge in [-0.3, -0.25) is 9.69 Å². The third kappa shape index (κ3) is 4.07. The predicted molar refractivity (Wildman–Crippen MR) is 111 cm³/mol. The number of rotatable bonds is 5. The van der Waals surface area contributed by atoms with E-state index in [2.05, 4.69) is 46.3 Å². The van der Waals surface area contributed by atoms with Crippen molar-refractivity contribution in [2.24, 2.45) is 0 Å². The summed E-state index contributed by atoms with van der Waals surface area (Å²) in [4.78, 5) is 19.6. The minimum Gasteiger partial charge on any atom is -0.322 e. The van der Waals surface area contributed by atoms with Crippen LogP contribution in [0.15, 0.2) is 42.7 Å². The smallest absolute Gasteiger partial charge is 0.257 e. The lowest BCUT2D eigenvalue weighted by Gasteiger charge is -2.26. The van der Waals surface area contributed by atoms with Crippen molar-refractivity contribution in [2.45, 2.75) is 45.7 Å². The quantitative estimate of drug-likeness (QED) is 0.722.